The molecule has 0 amide bonds. The molecular formula is C13H21ClN2O2. The average Bonchev–Trinajstić information content (AvgIpc) is 2.71. The number of rotatable bonds is 3. The van der Waals surface area contributed by atoms with Gasteiger partial charge >= 0.3 is 0 Å². The molecule has 1 aliphatic rings. The third kappa shape index (κ3) is 2.42. The Balaban J connectivity index is 2.32. The number of hydrogen-bond acceptors (Lipinski definition) is 3. The summed E-state index contributed by atoms with van der Waals surface area (Å²) in [5.41, 5.74) is -0.523. The van der Waals surface area contributed by atoms with E-state index in [9.17, 15) is 10.2 Å². The molecule has 1 fully saturated rings. The Morgan fingerprint density at radius 1 is 1.33 bits per heavy atom. The van der Waals surface area contributed by atoms with Crippen molar-refractivity contribution in [1.82, 2.24) is 9.78 Å². The van der Waals surface area contributed by atoms with Gasteiger partial charge in [-0.05, 0) is 26.7 Å². The minimum Gasteiger partial charge on any atom is -0.387 e. The van der Waals surface area contributed by atoms with E-state index in [0.29, 0.717) is 23.6 Å². The summed E-state index contributed by atoms with van der Waals surface area (Å²) in [5.74, 6) is 0. The summed E-state index contributed by atoms with van der Waals surface area (Å²) in [5, 5.41) is 25.7. The standard InChI is InChI=1S/C13H21ClN2O2/c1-9(2)16-11(10(14)8-15-16)12(17)13(18)6-4-3-5-7-13/h8-9,12,17-18H,3-7H2,1-2H3. The number of aromatic nitrogens is 2. The summed E-state index contributed by atoms with van der Waals surface area (Å²) in [6.45, 7) is 3.95. The molecule has 4 nitrogen and oxygen atoms in total. The lowest BCUT2D eigenvalue weighted by Gasteiger charge is -2.36. The highest BCUT2D eigenvalue weighted by atomic mass is 35.5. The Kier molecular flexibility index (Phi) is 3.99. The van der Waals surface area contributed by atoms with Gasteiger partial charge in [-0.3, -0.25) is 4.68 Å². The zero-order valence-corrected chi connectivity index (χ0v) is 11.7. The van der Waals surface area contributed by atoms with E-state index >= 15 is 0 Å². The topological polar surface area (TPSA) is 58.3 Å². The van der Waals surface area contributed by atoms with Crippen LogP contribution >= 0.6 is 11.6 Å². The Bertz CT molecular complexity index is 411. The first-order chi connectivity index (χ1) is 8.46. The molecule has 0 bridgehead atoms. The Labute approximate surface area is 113 Å². The second-order valence-electron chi connectivity index (χ2n) is 5.48. The SMILES string of the molecule is CC(C)n1ncc(Cl)c1C(O)C1(O)CCCCC1. The molecule has 102 valence electrons. The largest absolute Gasteiger partial charge is 0.387 e. The molecule has 0 aliphatic heterocycles. The van der Waals surface area contributed by atoms with Gasteiger partial charge in [0.1, 0.15) is 6.10 Å². The molecular weight excluding hydrogens is 252 g/mol. The number of aliphatic hydroxyl groups is 2. The molecule has 5 heteroatoms. The molecule has 0 spiro atoms. The van der Waals surface area contributed by atoms with E-state index in [4.69, 9.17) is 11.6 Å². The Morgan fingerprint density at radius 3 is 2.50 bits per heavy atom. The first-order valence-corrected chi connectivity index (χ1v) is 6.97. The van der Waals surface area contributed by atoms with Crippen LogP contribution in [0.1, 0.15) is 63.8 Å². The van der Waals surface area contributed by atoms with Crippen molar-refractivity contribution in [1.29, 1.82) is 0 Å². The maximum absolute atomic E-state index is 10.6. The van der Waals surface area contributed by atoms with E-state index in [1.165, 1.54) is 6.20 Å². The molecule has 0 aromatic carbocycles. The lowest BCUT2D eigenvalue weighted by molar-refractivity contribution is -0.103. The highest BCUT2D eigenvalue weighted by Gasteiger charge is 2.40. The molecule has 1 aliphatic carbocycles. The normalized spacial score (nSPS) is 21.2. The van der Waals surface area contributed by atoms with Crippen molar-refractivity contribution in [3.8, 4) is 0 Å². The summed E-state index contributed by atoms with van der Waals surface area (Å²) in [7, 11) is 0. The lowest BCUT2D eigenvalue weighted by atomic mass is 9.79. The molecule has 1 unspecified atom stereocenters. The van der Waals surface area contributed by atoms with Gasteiger partial charge in [-0.1, -0.05) is 30.9 Å². The maximum atomic E-state index is 10.6. The van der Waals surface area contributed by atoms with Crippen LogP contribution < -0.4 is 0 Å². The van der Waals surface area contributed by atoms with Gasteiger partial charge in [0.2, 0.25) is 0 Å². The van der Waals surface area contributed by atoms with Crippen molar-refractivity contribution >= 4 is 11.6 Å². The number of aliphatic hydroxyl groups excluding tert-OH is 1. The van der Waals surface area contributed by atoms with E-state index in [2.05, 4.69) is 5.10 Å². The monoisotopic (exact) mass is 272 g/mol. The molecule has 1 heterocycles. The van der Waals surface area contributed by atoms with Crippen LogP contribution in [0.2, 0.25) is 5.02 Å². The van der Waals surface area contributed by atoms with E-state index in [0.717, 1.165) is 19.3 Å². The fourth-order valence-corrected chi connectivity index (χ4v) is 2.94. The highest BCUT2D eigenvalue weighted by Crippen LogP contribution is 2.40. The Hall–Kier alpha value is -0.580. The van der Waals surface area contributed by atoms with Crippen LogP contribution in [0.15, 0.2) is 6.20 Å². The number of nitrogens with zero attached hydrogens (tertiary/aromatic N) is 2. The summed E-state index contributed by atoms with van der Waals surface area (Å²) in [4.78, 5) is 0. The molecule has 18 heavy (non-hydrogen) atoms. The number of hydrogen-bond donors (Lipinski definition) is 2. The van der Waals surface area contributed by atoms with E-state index in [-0.39, 0.29) is 6.04 Å². The van der Waals surface area contributed by atoms with Crippen molar-refractivity contribution in [2.24, 2.45) is 0 Å². The van der Waals surface area contributed by atoms with Crippen LogP contribution in [0.5, 0.6) is 0 Å². The zero-order valence-electron chi connectivity index (χ0n) is 10.9. The van der Waals surface area contributed by atoms with Gasteiger partial charge in [0.05, 0.1) is 22.5 Å². The van der Waals surface area contributed by atoms with Crippen molar-refractivity contribution in [3.63, 3.8) is 0 Å². The predicted molar refractivity (Wildman–Crippen MR) is 70.6 cm³/mol. The molecule has 1 atom stereocenters. The van der Waals surface area contributed by atoms with Crippen molar-refractivity contribution in [2.75, 3.05) is 0 Å². The summed E-state index contributed by atoms with van der Waals surface area (Å²) in [6.07, 6.45) is 4.82. The van der Waals surface area contributed by atoms with Gasteiger partial charge in [0, 0.05) is 6.04 Å². The van der Waals surface area contributed by atoms with Crippen LogP contribution in [0.4, 0.5) is 0 Å². The molecule has 1 aromatic heterocycles. The summed E-state index contributed by atoms with van der Waals surface area (Å²) < 4.78 is 1.69. The van der Waals surface area contributed by atoms with Crippen LogP contribution in [0.25, 0.3) is 0 Å². The lowest BCUT2D eigenvalue weighted by Crippen LogP contribution is -2.39. The fourth-order valence-electron chi connectivity index (χ4n) is 2.71. The zero-order chi connectivity index (χ0) is 13.3. The first kappa shape index (κ1) is 13.8. The first-order valence-electron chi connectivity index (χ1n) is 6.59. The molecule has 1 aromatic rings. The van der Waals surface area contributed by atoms with Crippen LogP contribution in [-0.2, 0) is 0 Å². The quantitative estimate of drug-likeness (QED) is 0.890. The minimum atomic E-state index is -1.06. The van der Waals surface area contributed by atoms with Gasteiger partial charge in [-0.15, -0.1) is 0 Å². The van der Waals surface area contributed by atoms with Crippen molar-refractivity contribution in [3.05, 3.63) is 16.9 Å². The van der Waals surface area contributed by atoms with Gasteiger partial charge in [0.25, 0.3) is 0 Å². The van der Waals surface area contributed by atoms with Gasteiger partial charge in [-0.2, -0.15) is 5.10 Å². The van der Waals surface area contributed by atoms with Gasteiger partial charge in [0.15, 0.2) is 0 Å². The molecule has 1 saturated carbocycles. The molecule has 2 rings (SSSR count). The minimum absolute atomic E-state index is 0.106. The molecule has 0 saturated heterocycles. The third-order valence-corrected chi connectivity index (χ3v) is 4.05. The predicted octanol–water partition coefficient (Wildman–Crippen LogP) is 2.85. The Morgan fingerprint density at radius 2 is 1.94 bits per heavy atom. The second-order valence-corrected chi connectivity index (χ2v) is 5.89. The van der Waals surface area contributed by atoms with E-state index in [1.54, 1.807) is 4.68 Å². The highest BCUT2D eigenvalue weighted by molar-refractivity contribution is 6.31. The molecule has 0 radical (unpaired) electrons. The van der Waals surface area contributed by atoms with Crippen LogP contribution in [0, 0.1) is 0 Å². The van der Waals surface area contributed by atoms with Crippen LogP contribution in [0.3, 0.4) is 0 Å². The van der Waals surface area contributed by atoms with Crippen molar-refractivity contribution < 1.29 is 10.2 Å². The summed E-state index contributed by atoms with van der Waals surface area (Å²) in [6, 6.07) is 0.106. The third-order valence-electron chi connectivity index (χ3n) is 3.76. The van der Waals surface area contributed by atoms with E-state index in [1.807, 2.05) is 13.8 Å². The fraction of sp³-hybridized carbons (Fsp3) is 0.769. The summed E-state index contributed by atoms with van der Waals surface area (Å²) >= 11 is 6.11. The maximum Gasteiger partial charge on any atom is 0.126 e. The van der Waals surface area contributed by atoms with Crippen LogP contribution in [-0.4, -0.2) is 25.6 Å². The van der Waals surface area contributed by atoms with Crippen molar-refractivity contribution in [2.45, 2.75) is 63.7 Å². The average molecular weight is 273 g/mol. The molecule has 2 N–H and O–H groups in total. The van der Waals surface area contributed by atoms with Gasteiger partial charge < -0.3 is 10.2 Å². The van der Waals surface area contributed by atoms with Gasteiger partial charge in [-0.25, -0.2) is 0 Å². The number of halogens is 1. The second kappa shape index (κ2) is 5.19. The van der Waals surface area contributed by atoms with E-state index < -0.39 is 11.7 Å². The smallest absolute Gasteiger partial charge is 0.126 e.